The number of amides is 1. The monoisotopic (exact) mass is 458 g/mol. The van der Waals surface area contributed by atoms with Crippen LogP contribution in [0.5, 0.6) is 0 Å². The Balaban J connectivity index is 1.94. The molecule has 1 amide bonds. The molecule has 0 radical (unpaired) electrons. The van der Waals surface area contributed by atoms with Crippen LogP contribution in [0.15, 0.2) is 33.9 Å². The molecule has 1 unspecified atom stereocenters. The largest absolute Gasteiger partial charge is 0.477 e. The third-order valence-corrected chi connectivity index (χ3v) is 5.67. The van der Waals surface area contributed by atoms with Crippen molar-refractivity contribution in [2.24, 2.45) is 11.7 Å². The first-order valence-corrected chi connectivity index (χ1v) is 10.3. The van der Waals surface area contributed by atoms with Crippen LogP contribution < -0.4 is 27.1 Å². The standard InChI is InChI=1S/C21H23FN6O5/c1-10-6-15(25-16(29)2-4-23)27(8-10)13-7-12-17(19(24)18(13)22)20(30)11(21(31)32)9-28(12)14-3-5-33-26-14/h3,5,7,9-10,15H,2,4,6,8,23-24H2,1H3,(H,25,29)(H,31,32)/t10-,15?/m0/s1. The summed E-state index contributed by atoms with van der Waals surface area (Å²) >= 11 is 0. The summed E-state index contributed by atoms with van der Waals surface area (Å²) in [6, 6.07) is 2.87. The number of hydrogen-bond donors (Lipinski definition) is 4. The highest BCUT2D eigenvalue weighted by Crippen LogP contribution is 2.36. The molecule has 1 fully saturated rings. The fourth-order valence-electron chi connectivity index (χ4n) is 4.19. The summed E-state index contributed by atoms with van der Waals surface area (Å²) in [7, 11) is 0. The van der Waals surface area contributed by atoms with Crippen LogP contribution in [-0.4, -0.2) is 46.0 Å². The number of pyridine rings is 1. The zero-order valence-electron chi connectivity index (χ0n) is 17.7. The molecule has 3 aromatic rings. The molecule has 0 aliphatic carbocycles. The Morgan fingerprint density at radius 3 is 2.82 bits per heavy atom. The number of nitrogens with two attached hydrogens (primary N) is 2. The highest BCUT2D eigenvalue weighted by Gasteiger charge is 2.34. The number of carbonyl (C=O) groups excluding carboxylic acids is 1. The van der Waals surface area contributed by atoms with Crippen LogP contribution in [0.25, 0.3) is 16.7 Å². The minimum Gasteiger partial charge on any atom is -0.477 e. The summed E-state index contributed by atoms with van der Waals surface area (Å²) in [6.45, 7) is 2.58. The minimum atomic E-state index is -1.49. The number of aromatic nitrogens is 2. The smallest absolute Gasteiger partial charge is 0.341 e. The van der Waals surface area contributed by atoms with E-state index in [1.807, 2.05) is 6.92 Å². The molecular weight excluding hydrogens is 435 g/mol. The maximum atomic E-state index is 15.5. The van der Waals surface area contributed by atoms with Gasteiger partial charge >= 0.3 is 5.97 Å². The van der Waals surface area contributed by atoms with Crippen molar-refractivity contribution >= 4 is 34.2 Å². The molecule has 2 aromatic heterocycles. The Hall–Kier alpha value is -3.93. The average molecular weight is 458 g/mol. The molecule has 0 saturated carbocycles. The number of nitrogens with one attached hydrogen (secondary N) is 1. The Morgan fingerprint density at radius 2 is 2.18 bits per heavy atom. The van der Waals surface area contributed by atoms with E-state index in [1.54, 1.807) is 4.90 Å². The molecule has 1 aliphatic heterocycles. The topological polar surface area (TPSA) is 170 Å². The van der Waals surface area contributed by atoms with Crippen LogP contribution in [0.2, 0.25) is 0 Å². The molecule has 4 rings (SSSR count). The Morgan fingerprint density at radius 1 is 1.42 bits per heavy atom. The van der Waals surface area contributed by atoms with Crippen molar-refractivity contribution < 1.29 is 23.6 Å². The first-order chi connectivity index (χ1) is 15.7. The second kappa shape index (κ2) is 8.54. The molecule has 174 valence electrons. The van der Waals surface area contributed by atoms with Crippen molar-refractivity contribution in [3.05, 3.63) is 46.2 Å². The van der Waals surface area contributed by atoms with Gasteiger partial charge in [-0.25, -0.2) is 9.18 Å². The molecule has 33 heavy (non-hydrogen) atoms. The highest BCUT2D eigenvalue weighted by atomic mass is 19.1. The number of carbonyl (C=O) groups is 2. The molecule has 0 bridgehead atoms. The third-order valence-electron chi connectivity index (χ3n) is 5.67. The van der Waals surface area contributed by atoms with E-state index in [0.717, 1.165) is 6.20 Å². The van der Waals surface area contributed by atoms with Gasteiger partial charge in [0.05, 0.1) is 22.3 Å². The highest BCUT2D eigenvalue weighted by molar-refractivity contribution is 6.00. The predicted molar refractivity (Wildman–Crippen MR) is 118 cm³/mol. The van der Waals surface area contributed by atoms with Gasteiger partial charge in [-0.1, -0.05) is 12.1 Å². The fraction of sp³-hybridized carbons (Fsp3) is 0.333. The van der Waals surface area contributed by atoms with E-state index < -0.39 is 34.6 Å². The first kappa shape index (κ1) is 22.3. The van der Waals surface area contributed by atoms with Gasteiger partial charge in [-0.2, -0.15) is 0 Å². The summed E-state index contributed by atoms with van der Waals surface area (Å²) < 4.78 is 21.7. The maximum Gasteiger partial charge on any atom is 0.341 e. The van der Waals surface area contributed by atoms with Gasteiger partial charge in [0.25, 0.3) is 0 Å². The number of nitrogens with zero attached hydrogens (tertiary/aromatic N) is 3. The lowest BCUT2D eigenvalue weighted by Crippen LogP contribution is -2.45. The van der Waals surface area contributed by atoms with E-state index in [9.17, 15) is 19.5 Å². The quantitative estimate of drug-likeness (QED) is 0.394. The van der Waals surface area contributed by atoms with Gasteiger partial charge in [-0.05, 0) is 18.4 Å². The Kier molecular flexibility index (Phi) is 5.77. The lowest BCUT2D eigenvalue weighted by Gasteiger charge is -2.29. The van der Waals surface area contributed by atoms with Crippen LogP contribution in [0.4, 0.5) is 15.8 Å². The second-order valence-electron chi connectivity index (χ2n) is 8.04. The van der Waals surface area contributed by atoms with Gasteiger partial charge in [0.1, 0.15) is 18.0 Å². The summed E-state index contributed by atoms with van der Waals surface area (Å²) in [5.41, 5.74) is 9.74. The van der Waals surface area contributed by atoms with Gasteiger partial charge < -0.3 is 31.3 Å². The molecule has 0 spiro atoms. The summed E-state index contributed by atoms with van der Waals surface area (Å²) in [6.07, 6.45) is 2.57. The maximum absolute atomic E-state index is 15.5. The molecular formula is C21H23FN6O5. The zero-order chi connectivity index (χ0) is 23.9. The van der Waals surface area contributed by atoms with Crippen LogP contribution in [-0.2, 0) is 4.79 Å². The van der Waals surface area contributed by atoms with Crippen molar-refractivity contribution in [3.8, 4) is 5.82 Å². The lowest BCUT2D eigenvalue weighted by molar-refractivity contribution is -0.121. The molecule has 1 aromatic carbocycles. The van der Waals surface area contributed by atoms with Crippen molar-refractivity contribution in [1.29, 1.82) is 0 Å². The van der Waals surface area contributed by atoms with Gasteiger partial charge in [0, 0.05) is 31.8 Å². The molecule has 1 saturated heterocycles. The average Bonchev–Trinajstić information content (AvgIpc) is 3.40. The number of fused-ring (bicyclic) bond motifs is 1. The van der Waals surface area contributed by atoms with E-state index in [1.165, 1.54) is 23.0 Å². The van der Waals surface area contributed by atoms with Crippen LogP contribution in [0, 0.1) is 11.7 Å². The normalized spacial score (nSPS) is 18.1. The summed E-state index contributed by atoms with van der Waals surface area (Å²) in [4.78, 5) is 38.3. The number of hydrogen-bond acceptors (Lipinski definition) is 8. The fourth-order valence-corrected chi connectivity index (χ4v) is 4.19. The zero-order valence-corrected chi connectivity index (χ0v) is 17.7. The van der Waals surface area contributed by atoms with Crippen molar-refractivity contribution in [1.82, 2.24) is 15.0 Å². The number of rotatable bonds is 6. The minimum absolute atomic E-state index is 0.0714. The third kappa shape index (κ3) is 3.89. The van der Waals surface area contributed by atoms with E-state index >= 15 is 4.39 Å². The SMILES string of the molecule is C[C@H]1CC(NC(=O)CCN)N(c2cc3c(c(N)c2F)c(=O)c(C(=O)O)cn3-c2ccon2)C1. The van der Waals surface area contributed by atoms with E-state index in [-0.39, 0.29) is 47.2 Å². The summed E-state index contributed by atoms with van der Waals surface area (Å²) in [5, 5.41) is 15.9. The lowest BCUT2D eigenvalue weighted by atomic mass is 10.1. The molecule has 11 nitrogen and oxygen atoms in total. The predicted octanol–water partition coefficient (Wildman–Crippen LogP) is 1.04. The molecule has 2 atom stereocenters. The number of nitrogen functional groups attached to an aromatic ring is 1. The Bertz CT molecular complexity index is 1290. The van der Waals surface area contributed by atoms with Crippen molar-refractivity contribution in [2.75, 3.05) is 23.7 Å². The van der Waals surface area contributed by atoms with Gasteiger partial charge in [-0.15, -0.1) is 0 Å². The van der Waals surface area contributed by atoms with Crippen LogP contribution in [0.3, 0.4) is 0 Å². The van der Waals surface area contributed by atoms with Gasteiger partial charge in [0.15, 0.2) is 11.6 Å². The number of benzene rings is 1. The van der Waals surface area contributed by atoms with Crippen LogP contribution in [0.1, 0.15) is 30.1 Å². The molecule has 12 heteroatoms. The molecule has 6 N–H and O–H groups in total. The van der Waals surface area contributed by atoms with Crippen molar-refractivity contribution in [3.63, 3.8) is 0 Å². The number of halogens is 1. The van der Waals surface area contributed by atoms with Crippen LogP contribution >= 0.6 is 0 Å². The summed E-state index contributed by atoms with van der Waals surface area (Å²) in [5.74, 6) is -2.31. The number of carboxylic acids is 1. The number of aromatic carboxylic acids is 1. The Labute approximate surface area is 186 Å². The van der Waals surface area contributed by atoms with Gasteiger partial charge in [-0.3, -0.25) is 14.2 Å². The molecule has 3 heterocycles. The van der Waals surface area contributed by atoms with Crippen molar-refractivity contribution in [2.45, 2.75) is 25.9 Å². The number of carboxylic acid groups (broad SMARTS) is 1. The van der Waals surface area contributed by atoms with E-state index in [0.29, 0.717) is 13.0 Å². The number of anilines is 2. The second-order valence-corrected chi connectivity index (χ2v) is 8.04. The van der Waals surface area contributed by atoms with Gasteiger partial charge in [0.2, 0.25) is 11.3 Å². The van der Waals surface area contributed by atoms with E-state index in [4.69, 9.17) is 16.0 Å². The molecule has 1 aliphatic rings. The van der Waals surface area contributed by atoms with E-state index in [2.05, 4.69) is 10.5 Å². The first-order valence-electron chi connectivity index (χ1n) is 10.3.